The van der Waals surface area contributed by atoms with Crippen LogP contribution in [0.15, 0.2) is 24.3 Å². The molecular formula is C15H19ClN2O3. The predicted molar refractivity (Wildman–Crippen MR) is 80.4 cm³/mol. The largest absolute Gasteiger partial charge is 0.481 e. The van der Waals surface area contributed by atoms with E-state index in [-0.39, 0.29) is 5.91 Å². The minimum Gasteiger partial charge on any atom is -0.481 e. The second kappa shape index (κ2) is 7.31. The second-order valence-electron chi connectivity index (χ2n) is 4.94. The molecule has 1 saturated heterocycles. The maximum Gasteiger partial charge on any atom is 0.263 e. The third-order valence-electron chi connectivity index (χ3n) is 3.50. The normalized spacial score (nSPS) is 16.5. The van der Waals surface area contributed by atoms with Crippen LogP contribution in [-0.2, 0) is 9.59 Å². The summed E-state index contributed by atoms with van der Waals surface area (Å²) in [4.78, 5) is 26.6. The molecule has 114 valence electrons. The fourth-order valence-corrected chi connectivity index (χ4v) is 2.44. The fourth-order valence-electron chi connectivity index (χ4n) is 2.26. The van der Waals surface area contributed by atoms with Crippen molar-refractivity contribution in [3.63, 3.8) is 0 Å². The van der Waals surface area contributed by atoms with Gasteiger partial charge in [0.05, 0.1) is 0 Å². The molecule has 0 N–H and O–H groups in total. The molecule has 0 bridgehead atoms. The first-order valence-corrected chi connectivity index (χ1v) is 7.42. The van der Waals surface area contributed by atoms with Crippen LogP contribution in [0.25, 0.3) is 0 Å². The van der Waals surface area contributed by atoms with E-state index in [9.17, 15) is 9.59 Å². The summed E-state index contributed by atoms with van der Waals surface area (Å²) in [6, 6.07) is 7.03. The number of ether oxygens (including phenoxy) is 1. The summed E-state index contributed by atoms with van der Waals surface area (Å²) in [7, 11) is 0. The molecule has 1 aliphatic rings. The summed E-state index contributed by atoms with van der Waals surface area (Å²) < 4.78 is 5.75. The number of rotatable bonds is 5. The molecule has 6 heteroatoms. The van der Waals surface area contributed by atoms with Gasteiger partial charge in [-0.05, 0) is 24.6 Å². The van der Waals surface area contributed by atoms with Crippen molar-refractivity contribution in [2.24, 2.45) is 0 Å². The van der Waals surface area contributed by atoms with Gasteiger partial charge < -0.3 is 14.5 Å². The minimum atomic E-state index is -0.522. The Balaban J connectivity index is 1.97. The number of benzene rings is 1. The quantitative estimate of drug-likeness (QED) is 0.779. The highest BCUT2D eigenvalue weighted by atomic mass is 35.5. The second-order valence-corrected chi connectivity index (χ2v) is 5.38. The molecule has 2 amide bonds. The summed E-state index contributed by atoms with van der Waals surface area (Å²) in [5.74, 6) is 0.553. The van der Waals surface area contributed by atoms with Crippen molar-refractivity contribution < 1.29 is 14.3 Å². The number of hydrogen-bond acceptors (Lipinski definition) is 3. The van der Waals surface area contributed by atoms with Crippen LogP contribution in [0, 0.1) is 0 Å². The number of piperazine rings is 1. The van der Waals surface area contributed by atoms with Gasteiger partial charge >= 0.3 is 0 Å². The molecule has 1 heterocycles. The fraction of sp³-hybridized carbons (Fsp3) is 0.467. The SMILES string of the molecule is CC[C@@H](Oc1cccc(Cl)c1)C(=O)N1CCN(C=O)CC1. The van der Waals surface area contributed by atoms with Gasteiger partial charge in [0.25, 0.3) is 5.91 Å². The number of carbonyl (C=O) groups excluding carboxylic acids is 2. The van der Waals surface area contributed by atoms with Crippen LogP contribution in [-0.4, -0.2) is 54.4 Å². The molecule has 0 aromatic heterocycles. The van der Waals surface area contributed by atoms with Crippen LogP contribution in [0.5, 0.6) is 5.75 Å². The molecule has 5 nitrogen and oxygen atoms in total. The van der Waals surface area contributed by atoms with Crippen LogP contribution in [0.1, 0.15) is 13.3 Å². The molecular weight excluding hydrogens is 292 g/mol. The van der Waals surface area contributed by atoms with Gasteiger partial charge in [-0.1, -0.05) is 24.6 Å². The number of amides is 2. The highest BCUT2D eigenvalue weighted by Gasteiger charge is 2.27. The number of halogens is 1. The van der Waals surface area contributed by atoms with Gasteiger partial charge in [0.2, 0.25) is 6.41 Å². The molecule has 21 heavy (non-hydrogen) atoms. The molecule has 0 saturated carbocycles. The van der Waals surface area contributed by atoms with Gasteiger partial charge in [-0.25, -0.2) is 0 Å². The van der Waals surface area contributed by atoms with Crippen molar-refractivity contribution in [3.05, 3.63) is 29.3 Å². The van der Waals surface area contributed by atoms with Gasteiger partial charge in [-0.2, -0.15) is 0 Å². The van der Waals surface area contributed by atoms with Crippen molar-refractivity contribution in [1.82, 2.24) is 9.80 Å². The van der Waals surface area contributed by atoms with Crippen LogP contribution in [0.4, 0.5) is 0 Å². The highest BCUT2D eigenvalue weighted by molar-refractivity contribution is 6.30. The van der Waals surface area contributed by atoms with Crippen molar-refractivity contribution in [1.29, 1.82) is 0 Å². The maximum atomic E-state index is 12.5. The molecule has 1 aromatic carbocycles. The molecule has 2 rings (SSSR count). The molecule has 0 radical (unpaired) electrons. The van der Waals surface area contributed by atoms with E-state index in [1.165, 1.54) is 0 Å². The lowest BCUT2D eigenvalue weighted by molar-refractivity contribution is -0.142. The Hall–Kier alpha value is -1.75. The molecule has 1 aliphatic heterocycles. The number of carbonyl (C=O) groups is 2. The molecule has 0 aliphatic carbocycles. The standard InChI is InChI=1S/C15H19ClN2O3/c1-2-14(21-13-5-3-4-12(16)10-13)15(20)18-8-6-17(11-19)7-9-18/h3-5,10-11,14H,2,6-9H2,1H3/t14-/m1/s1. The van der Waals surface area contributed by atoms with Crippen LogP contribution >= 0.6 is 11.6 Å². The lowest BCUT2D eigenvalue weighted by atomic mass is 10.2. The lowest BCUT2D eigenvalue weighted by Gasteiger charge is -2.34. The molecule has 1 aromatic rings. The van der Waals surface area contributed by atoms with E-state index in [4.69, 9.17) is 16.3 Å². The Morgan fingerprint density at radius 2 is 2.10 bits per heavy atom. The predicted octanol–water partition coefficient (Wildman–Crippen LogP) is 1.80. The third-order valence-corrected chi connectivity index (χ3v) is 3.73. The topological polar surface area (TPSA) is 49.9 Å². The van der Waals surface area contributed by atoms with E-state index in [0.717, 1.165) is 6.41 Å². The van der Waals surface area contributed by atoms with Gasteiger partial charge in [0.1, 0.15) is 5.75 Å². The van der Waals surface area contributed by atoms with Gasteiger partial charge in [0.15, 0.2) is 6.10 Å². The Bertz CT molecular complexity index is 501. The Labute approximate surface area is 129 Å². The van der Waals surface area contributed by atoms with Gasteiger partial charge in [0, 0.05) is 31.2 Å². The summed E-state index contributed by atoms with van der Waals surface area (Å²) in [5.41, 5.74) is 0. The summed E-state index contributed by atoms with van der Waals surface area (Å²) in [5, 5.41) is 0.578. The third kappa shape index (κ3) is 4.11. The average Bonchev–Trinajstić information content (AvgIpc) is 2.52. The Morgan fingerprint density at radius 3 is 2.67 bits per heavy atom. The Kier molecular flexibility index (Phi) is 5.44. The monoisotopic (exact) mass is 310 g/mol. The zero-order valence-electron chi connectivity index (χ0n) is 12.0. The van der Waals surface area contributed by atoms with Crippen molar-refractivity contribution in [2.45, 2.75) is 19.4 Å². The average molecular weight is 311 g/mol. The van der Waals surface area contributed by atoms with E-state index < -0.39 is 6.10 Å². The van der Waals surface area contributed by atoms with Crippen LogP contribution < -0.4 is 4.74 Å². The maximum absolute atomic E-state index is 12.5. The first-order valence-electron chi connectivity index (χ1n) is 7.04. The van der Waals surface area contributed by atoms with E-state index in [0.29, 0.717) is 43.4 Å². The van der Waals surface area contributed by atoms with E-state index in [1.54, 1.807) is 34.1 Å². The van der Waals surface area contributed by atoms with Crippen molar-refractivity contribution >= 4 is 23.9 Å². The number of hydrogen-bond donors (Lipinski definition) is 0. The zero-order valence-corrected chi connectivity index (χ0v) is 12.8. The Morgan fingerprint density at radius 1 is 1.38 bits per heavy atom. The molecule has 1 fully saturated rings. The summed E-state index contributed by atoms with van der Waals surface area (Å²) in [6.07, 6.45) is 0.882. The van der Waals surface area contributed by atoms with Crippen LogP contribution in [0.3, 0.4) is 0 Å². The molecule has 1 atom stereocenters. The number of nitrogens with zero attached hydrogens (tertiary/aromatic N) is 2. The lowest BCUT2D eigenvalue weighted by Crippen LogP contribution is -2.51. The first kappa shape index (κ1) is 15.6. The first-order chi connectivity index (χ1) is 10.1. The molecule has 0 spiro atoms. The van der Waals surface area contributed by atoms with E-state index >= 15 is 0 Å². The summed E-state index contributed by atoms with van der Waals surface area (Å²) in [6.45, 7) is 4.15. The van der Waals surface area contributed by atoms with E-state index in [2.05, 4.69) is 0 Å². The van der Waals surface area contributed by atoms with Crippen molar-refractivity contribution in [2.75, 3.05) is 26.2 Å². The zero-order chi connectivity index (χ0) is 15.2. The minimum absolute atomic E-state index is 0.0389. The van der Waals surface area contributed by atoms with Crippen LogP contribution in [0.2, 0.25) is 5.02 Å². The summed E-state index contributed by atoms with van der Waals surface area (Å²) >= 11 is 5.92. The smallest absolute Gasteiger partial charge is 0.263 e. The van der Waals surface area contributed by atoms with Crippen molar-refractivity contribution in [3.8, 4) is 5.75 Å². The van der Waals surface area contributed by atoms with Gasteiger partial charge in [-0.3, -0.25) is 9.59 Å². The molecule has 0 unspecified atom stereocenters. The van der Waals surface area contributed by atoms with E-state index in [1.807, 2.05) is 6.92 Å². The van der Waals surface area contributed by atoms with Gasteiger partial charge in [-0.15, -0.1) is 0 Å². The highest BCUT2D eigenvalue weighted by Crippen LogP contribution is 2.20.